The highest BCUT2D eigenvalue weighted by Gasteiger charge is 2.11. The quantitative estimate of drug-likeness (QED) is 0.603. The Morgan fingerprint density at radius 2 is 1.36 bits per heavy atom. The average molecular weight is 152 g/mol. The van der Waals surface area contributed by atoms with Crippen molar-refractivity contribution < 1.29 is 14.0 Å². The Morgan fingerprint density at radius 1 is 1.00 bits per heavy atom. The third-order valence-corrected chi connectivity index (χ3v) is 1.74. The summed E-state index contributed by atoms with van der Waals surface area (Å²) in [4.78, 5) is 20.6. The summed E-state index contributed by atoms with van der Waals surface area (Å²) in [6, 6.07) is 0. The highest BCUT2D eigenvalue weighted by molar-refractivity contribution is 5.80. The maximum absolute atomic E-state index is 10.3. The van der Waals surface area contributed by atoms with Crippen LogP contribution in [0, 0.1) is 13.8 Å². The minimum Gasteiger partial charge on any atom is -0.450 e. The molecule has 3 heteroatoms. The van der Waals surface area contributed by atoms with E-state index in [1.54, 1.807) is 13.8 Å². The summed E-state index contributed by atoms with van der Waals surface area (Å²) in [6.45, 7) is 3.49. The van der Waals surface area contributed by atoms with Crippen LogP contribution in [0.15, 0.2) is 4.42 Å². The second kappa shape index (κ2) is 2.70. The molecule has 0 saturated heterocycles. The highest BCUT2D eigenvalue weighted by Crippen LogP contribution is 2.17. The summed E-state index contributed by atoms with van der Waals surface area (Å²) >= 11 is 0. The van der Waals surface area contributed by atoms with Crippen LogP contribution < -0.4 is 0 Å². The third-order valence-electron chi connectivity index (χ3n) is 1.74. The highest BCUT2D eigenvalue weighted by atomic mass is 16.4. The summed E-state index contributed by atoms with van der Waals surface area (Å²) in [5, 5.41) is 0. The standard InChI is InChI=1S/C8H8O3/c1-5-6(2)8(4-10)11-7(5)3-9/h3-4H,1-2H3. The molecular formula is C8H8O3. The van der Waals surface area contributed by atoms with E-state index in [0.29, 0.717) is 12.6 Å². The number of carbonyl (C=O) groups excluding carboxylic acids is 2. The molecule has 1 heterocycles. The summed E-state index contributed by atoms with van der Waals surface area (Å²) < 4.78 is 4.91. The van der Waals surface area contributed by atoms with E-state index in [2.05, 4.69) is 0 Å². The van der Waals surface area contributed by atoms with E-state index in [4.69, 9.17) is 4.42 Å². The first-order valence-electron chi connectivity index (χ1n) is 3.21. The molecule has 0 aromatic carbocycles. The van der Waals surface area contributed by atoms with Crippen LogP contribution >= 0.6 is 0 Å². The number of carbonyl (C=O) groups is 2. The van der Waals surface area contributed by atoms with Crippen LogP contribution in [0.1, 0.15) is 32.2 Å². The van der Waals surface area contributed by atoms with Gasteiger partial charge in [-0.2, -0.15) is 0 Å². The fraction of sp³-hybridized carbons (Fsp3) is 0.250. The van der Waals surface area contributed by atoms with E-state index in [-0.39, 0.29) is 11.5 Å². The number of aldehydes is 2. The van der Waals surface area contributed by atoms with Gasteiger partial charge in [-0.15, -0.1) is 0 Å². The molecule has 0 fully saturated rings. The van der Waals surface area contributed by atoms with Crippen molar-refractivity contribution in [3.63, 3.8) is 0 Å². The Kier molecular flexibility index (Phi) is 1.89. The van der Waals surface area contributed by atoms with Crippen LogP contribution in [0.4, 0.5) is 0 Å². The van der Waals surface area contributed by atoms with Gasteiger partial charge in [0.15, 0.2) is 24.1 Å². The molecule has 0 aliphatic rings. The Hall–Kier alpha value is -1.38. The Balaban J connectivity index is 3.33. The van der Waals surface area contributed by atoms with Crippen LogP contribution in [-0.2, 0) is 0 Å². The molecule has 0 unspecified atom stereocenters. The van der Waals surface area contributed by atoms with Crippen LogP contribution in [0.25, 0.3) is 0 Å². The Morgan fingerprint density at radius 3 is 1.55 bits per heavy atom. The number of hydrogen-bond donors (Lipinski definition) is 0. The smallest absolute Gasteiger partial charge is 0.185 e. The van der Waals surface area contributed by atoms with Gasteiger partial charge in [0.1, 0.15) is 0 Å². The molecule has 11 heavy (non-hydrogen) atoms. The van der Waals surface area contributed by atoms with Gasteiger partial charge in [-0.3, -0.25) is 9.59 Å². The molecule has 0 spiro atoms. The van der Waals surface area contributed by atoms with Crippen LogP contribution in [0.5, 0.6) is 0 Å². The molecule has 0 saturated carbocycles. The lowest BCUT2D eigenvalue weighted by Gasteiger charge is -1.84. The van der Waals surface area contributed by atoms with Crippen molar-refractivity contribution in [3.8, 4) is 0 Å². The Labute approximate surface area is 64.0 Å². The lowest BCUT2D eigenvalue weighted by Crippen LogP contribution is -1.80. The summed E-state index contributed by atoms with van der Waals surface area (Å²) in [6.07, 6.45) is 1.21. The average Bonchev–Trinajstić information content (AvgIpc) is 2.30. The second-order valence-electron chi connectivity index (χ2n) is 2.32. The third kappa shape index (κ3) is 1.09. The van der Waals surface area contributed by atoms with Gasteiger partial charge in [0.05, 0.1) is 0 Å². The van der Waals surface area contributed by atoms with Gasteiger partial charge in [-0.25, -0.2) is 0 Å². The van der Waals surface area contributed by atoms with Crippen molar-refractivity contribution >= 4 is 12.6 Å². The fourth-order valence-corrected chi connectivity index (χ4v) is 0.866. The van der Waals surface area contributed by atoms with Crippen LogP contribution in [0.3, 0.4) is 0 Å². The van der Waals surface area contributed by atoms with E-state index in [1.165, 1.54) is 0 Å². The van der Waals surface area contributed by atoms with Crippen molar-refractivity contribution in [1.82, 2.24) is 0 Å². The zero-order chi connectivity index (χ0) is 8.43. The SMILES string of the molecule is Cc1c(C=O)oc(C=O)c1C. The zero-order valence-corrected chi connectivity index (χ0v) is 6.38. The molecule has 0 N–H and O–H groups in total. The Bertz CT molecular complexity index is 268. The topological polar surface area (TPSA) is 47.3 Å². The molecule has 1 aromatic heterocycles. The molecule has 0 aliphatic carbocycles. The zero-order valence-electron chi connectivity index (χ0n) is 6.38. The van der Waals surface area contributed by atoms with E-state index >= 15 is 0 Å². The summed E-state index contributed by atoms with van der Waals surface area (Å²) in [7, 11) is 0. The van der Waals surface area contributed by atoms with Crippen molar-refractivity contribution in [2.75, 3.05) is 0 Å². The molecule has 0 radical (unpaired) electrons. The predicted molar refractivity (Wildman–Crippen MR) is 39.0 cm³/mol. The minimum absolute atomic E-state index is 0.240. The first kappa shape index (κ1) is 7.72. The molecular weight excluding hydrogens is 144 g/mol. The van der Waals surface area contributed by atoms with Crippen molar-refractivity contribution in [3.05, 3.63) is 22.6 Å². The molecule has 0 aliphatic heterocycles. The molecule has 1 aromatic rings. The number of hydrogen-bond acceptors (Lipinski definition) is 3. The number of rotatable bonds is 2. The summed E-state index contributed by atoms with van der Waals surface area (Å²) in [5.41, 5.74) is 1.48. The van der Waals surface area contributed by atoms with Gasteiger partial charge >= 0.3 is 0 Å². The van der Waals surface area contributed by atoms with Gasteiger partial charge in [0.2, 0.25) is 0 Å². The van der Waals surface area contributed by atoms with E-state index in [0.717, 1.165) is 11.1 Å². The van der Waals surface area contributed by atoms with E-state index in [1.807, 2.05) is 0 Å². The summed E-state index contributed by atoms with van der Waals surface area (Å²) in [5.74, 6) is 0.481. The first-order valence-corrected chi connectivity index (χ1v) is 3.21. The lowest BCUT2D eigenvalue weighted by molar-refractivity contribution is 0.108. The van der Waals surface area contributed by atoms with E-state index < -0.39 is 0 Å². The maximum Gasteiger partial charge on any atom is 0.185 e. The molecule has 1 rings (SSSR count). The monoisotopic (exact) mass is 152 g/mol. The minimum atomic E-state index is 0.240. The van der Waals surface area contributed by atoms with Crippen LogP contribution in [-0.4, -0.2) is 12.6 Å². The normalized spacial score (nSPS) is 9.64. The maximum atomic E-state index is 10.3. The van der Waals surface area contributed by atoms with Gasteiger partial charge in [-0.05, 0) is 13.8 Å². The molecule has 0 atom stereocenters. The molecule has 0 amide bonds. The van der Waals surface area contributed by atoms with Crippen molar-refractivity contribution in [2.24, 2.45) is 0 Å². The molecule has 3 nitrogen and oxygen atoms in total. The molecule has 0 bridgehead atoms. The lowest BCUT2D eigenvalue weighted by atomic mass is 10.1. The van der Waals surface area contributed by atoms with Crippen LogP contribution in [0.2, 0.25) is 0 Å². The number of furan rings is 1. The van der Waals surface area contributed by atoms with Crippen molar-refractivity contribution in [1.29, 1.82) is 0 Å². The first-order chi connectivity index (χ1) is 5.20. The van der Waals surface area contributed by atoms with Gasteiger partial charge in [-0.1, -0.05) is 0 Å². The van der Waals surface area contributed by atoms with Gasteiger partial charge in [0.25, 0.3) is 0 Å². The van der Waals surface area contributed by atoms with Gasteiger partial charge in [0, 0.05) is 11.1 Å². The largest absolute Gasteiger partial charge is 0.450 e. The molecule has 58 valence electrons. The fourth-order valence-electron chi connectivity index (χ4n) is 0.866. The van der Waals surface area contributed by atoms with Crippen molar-refractivity contribution in [2.45, 2.75) is 13.8 Å². The predicted octanol–water partition coefficient (Wildman–Crippen LogP) is 1.52. The second-order valence-corrected chi connectivity index (χ2v) is 2.32. The van der Waals surface area contributed by atoms with Gasteiger partial charge < -0.3 is 4.42 Å². The van der Waals surface area contributed by atoms with E-state index in [9.17, 15) is 9.59 Å².